The summed E-state index contributed by atoms with van der Waals surface area (Å²) in [6, 6.07) is 1.76. The zero-order valence-corrected chi connectivity index (χ0v) is 9.26. The maximum Gasteiger partial charge on any atom is 0.159 e. The van der Waals surface area contributed by atoms with E-state index in [1.54, 1.807) is 12.3 Å². The quantitative estimate of drug-likeness (QED) is 0.724. The molecule has 0 saturated carbocycles. The fourth-order valence-corrected chi connectivity index (χ4v) is 2.10. The molecule has 0 N–H and O–H groups in total. The van der Waals surface area contributed by atoms with Crippen LogP contribution in [-0.2, 0) is 4.74 Å². The van der Waals surface area contributed by atoms with Gasteiger partial charge in [-0.2, -0.15) is 0 Å². The average Bonchev–Trinajstić information content (AvgIpc) is 2.23. The van der Waals surface area contributed by atoms with Crippen LogP contribution in [0.25, 0.3) is 0 Å². The molecule has 1 aliphatic rings. The van der Waals surface area contributed by atoms with Gasteiger partial charge in [-0.3, -0.25) is 0 Å². The van der Waals surface area contributed by atoms with Crippen LogP contribution in [0.3, 0.4) is 0 Å². The van der Waals surface area contributed by atoms with Gasteiger partial charge in [0.1, 0.15) is 4.60 Å². The molecule has 4 heteroatoms. The van der Waals surface area contributed by atoms with E-state index in [-0.39, 0.29) is 11.7 Å². The van der Waals surface area contributed by atoms with Gasteiger partial charge in [0.05, 0.1) is 0 Å². The molecule has 0 unspecified atom stereocenters. The monoisotopic (exact) mass is 259 g/mol. The topological polar surface area (TPSA) is 22.1 Å². The third-order valence-electron chi connectivity index (χ3n) is 2.54. The summed E-state index contributed by atoms with van der Waals surface area (Å²) < 4.78 is 19.2. The van der Waals surface area contributed by atoms with E-state index < -0.39 is 0 Å². The molecule has 0 radical (unpaired) electrons. The van der Waals surface area contributed by atoms with Crippen molar-refractivity contribution in [1.29, 1.82) is 0 Å². The Bertz CT molecular complexity index is 326. The molecule has 0 spiro atoms. The molecule has 0 atom stereocenters. The Morgan fingerprint density at radius 2 is 2.14 bits per heavy atom. The number of aromatic nitrogens is 1. The highest BCUT2D eigenvalue weighted by Gasteiger charge is 2.20. The van der Waals surface area contributed by atoms with Gasteiger partial charge in [-0.25, -0.2) is 9.37 Å². The first-order valence-electron chi connectivity index (χ1n) is 4.66. The Kier molecular flexibility index (Phi) is 3.13. The summed E-state index contributed by atoms with van der Waals surface area (Å²) in [6.45, 7) is 1.45. The molecule has 1 aromatic rings. The number of ether oxygens (including phenoxy) is 1. The van der Waals surface area contributed by atoms with E-state index >= 15 is 0 Å². The highest BCUT2D eigenvalue weighted by molar-refractivity contribution is 9.10. The van der Waals surface area contributed by atoms with Gasteiger partial charge in [0.25, 0.3) is 0 Å². The highest BCUT2D eigenvalue weighted by Crippen LogP contribution is 2.30. The zero-order chi connectivity index (χ0) is 9.97. The molecule has 2 rings (SSSR count). The van der Waals surface area contributed by atoms with Crippen molar-refractivity contribution < 1.29 is 9.13 Å². The maximum atomic E-state index is 13.6. The van der Waals surface area contributed by atoms with Gasteiger partial charge in [0.15, 0.2) is 5.82 Å². The first kappa shape index (κ1) is 10.1. The minimum atomic E-state index is -0.223. The molecule has 76 valence electrons. The van der Waals surface area contributed by atoms with Crippen LogP contribution in [0.5, 0.6) is 0 Å². The third kappa shape index (κ3) is 1.96. The van der Waals surface area contributed by atoms with Crippen molar-refractivity contribution in [2.75, 3.05) is 13.2 Å². The zero-order valence-electron chi connectivity index (χ0n) is 7.67. The van der Waals surface area contributed by atoms with Crippen molar-refractivity contribution in [3.05, 3.63) is 28.2 Å². The predicted molar refractivity (Wildman–Crippen MR) is 54.7 cm³/mol. The largest absolute Gasteiger partial charge is 0.381 e. The van der Waals surface area contributed by atoms with Crippen LogP contribution in [0, 0.1) is 5.82 Å². The molecule has 0 amide bonds. The Labute approximate surface area is 90.6 Å². The van der Waals surface area contributed by atoms with Crippen LogP contribution < -0.4 is 0 Å². The van der Waals surface area contributed by atoms with E-state index in [0.717, 1.165) is 31.6 Å². The van der Waals surface area contributed by atoms with Crippen molar-refractivity contribution in [3.63, 3.8) is 0 Å². The van der Waals surface area contributed by atoms with E-state index in [9.17, 15) is 4.39 Å². The SMILES string of the molecule is Fc1c(C2CCOCC2)ccnc1Br. The Balaban J connectivity index is 2.26. The second-order valence-electron chi connectivity index (χ2n) is 3.39. The van der Waals surface area contributed by atoms with Crippen molar-refractivity contribution in [3.8, 4) is 0 Å². The summed E-state index contributed by atoms with van der Waals surface area (Å²) in [6.07, 6.45) is 3.43. The van der Waals surface area contributed by atoms with Gasteiger partial charge in [0, 0.05) is 19.4 Å². The van der Waals surface area contributed by atoms with E-state index in [2.05, 4.69) is 20.9 Å². The number of hydrogen-bond acceptors (Lipinski definition) is 2. The molecule has 2 nitrogen and oxygen atoms in total. The van der Waals surface area contributed by atoms with E-state index in [1.807, 2.05) is 0 Å². The minimum Gasteiger partial charge on any atom is -0.381 e. The van der Waals surface area contributed by atoms with Gasteiger partial charge >= 0.3 is 0 Å². The van der Waals surface area contributed by atoms with E-state index in [0.29, 0.717) is 4.60 Å². The van der Waals surface area contributed by atoms with Gasteiger partial charge in [-0.05, 0) is 46.3 Å². The van der Waals surface area contributed by atoms with Gasteiger partial charge in [-0.1, -0.05) is 0 Å². The van der Waals surface area contributed by atoms with Crippen molar-refractivity contribution >= 4 is 15.9 Å². The lowest BCUT2D eigenvalue weighted by Gasteiger charge is -2.22. The lowest BCUT2D eigenvalue weighted by atomic mass is 9.92. The van der Waals surface area contributed by atoms with E-state index in [4.69, 9.17) is 4.74 Å². The fourth-order valence-electron chi connectivity index (χ4n) is 1.76. The molecule has 14 heavy (non-hydrogen) atoms. The molecule has 1 saturated heterocycles. The van der Waals surface area contributed by atoms with E-state index in [1.165, 1.54) is 0 Å². The molecule has 0 aliphatic carbocycles. The summed E-state index contributed by atoms with van der Waals surface area (Å²) in [5.41, 5.74) is 0.759. The molecule has 1 aliphatic heterocycles. The van der Waals surface area contributed by atoms with Gasteiger partial charge in [0.2, 0.25) is 0 Å². The molecular weight excluding hydrogens is 249 g/mol. The first-order valence-corrected chi connectivity index (χ1v) is 5.46. The highest BCUT2D eigenvalue weighted by atomic mass is 79.9. The number of nitrogens with zero attached hydrogens (tertiary/aromatic N) is 1. The Morgan fingerprint density at radius 3 is 2.86 bits per heavy atom. The maximum absolute atomic E-state index is 13.6. The van der Waals surface area contributed by atoms with Gasteiger partial charge in [-0.15, -0.1) is 0 Å². The summed E-state index contributed by atoms with van der Waals surface area (Å²) in [7, 11) is 0. The second kappa shape index (κ2) is 4.36. The standard InChI is InChI=1S/C10H11BrFNO/c11-10-9(12)8(1-4-13-10)7-2-5-14-6-3-7/h1,4,7H,2-3,5-6H2. The third-order valence-corrected chi connectivity index (χ3v) is 3.09. The van der Waals surface area contributed by atoms with Crippen LogP contribution in [0.1, 0.15) is 24.3 Å². The summed E-state index contributed by atoms with van der Waals surface area (Å²) in [4.78, 5) is 3.84. The van der Waals surface area contributed by atoms with Crippen molar-refractivity contribution in [2.24, 2.45) is 0 Å². The summed E-state index contributed by atoms with van der Waals surface area (Å²) in [5.74, 6) is 0.0578. The lowest BCUT2D eigenvalue weighted by molar-refractivity contribution is 0.0845. The smallest absolute Gasteiger partial charge is 0.159 e. The molecule has 2 heterocycles. The lowest BCUT2D eigenvalue weighted by Crippen LogP contribution is -2.15. The summed E-state index contributed by atoms with van der Waals surface area (Å²) in [5, 5.41) is 0. The van der Waals surface area contributed by atoms with Crippen LogP contribution in [0.15, 0.2) is 16.9 Å². The van der Waals surface area contributed by atoms with Crippen LogP contribution >= 0.6 is 15.9 Å². The first-order chi connectivity index (χ1) is 6.79. The Morgan fingerprint density at radius 1 is 1.43 bits per heavy atom. The fraction of sp³-hybridized carbons (Fsp3) is 0.500. The molecular formula is C10H11BrFNO. The van der Waals surface area contributed by atoms with Gasteiger partial charge < -0.3 is 4.74 Å². The minimum absolute atomic E-state index is 0.223. The number of rotatable bonds is 1. The average molecular weight is 260 g/mol. The number of hydrogen-bond donors (Lipinski definition) is 0. The normalized spacial score (nSPS) is 18.4. The molecule has 1 aromatic heterocycles. The van der Waals surface area contributed by atoms with Crippen LogP contribution in [0.2, 0.25) is 0 Å². The number of pyridine rings is 1. The second-order valence-corrected chi connectivity index (χ2v) is 4.14. The van der Waals surface area contributed by atoms with Crippen LogP contribution in [0.4, 0.5) is 4.39 Å². The Hall–Kier alpha value is -0.480. The predicted octanol–water partition coefficient (Wildman–Crippen LogP) is 2.88. The molecule has 1 fully saturated rings. The van der Waals surface area contributed by atoms with Crippen molar-refractivity contribution in [2.45, 2.75) is 18.8 Å². The molecule has 0 bridgehead atoms. The van der Waals surface area contributed by atoms with Crippen molar-refractivity contribution in [1.82, 2.24) is 4.98 Å². The molecule has 0 aromatic carbocycles. The van der Waals surface area contributed by atoms with Crippen LogP contribution in [-0.4, -0.2) is 18.2 Å². The number of halogens is 2. The summed E-state index contributed by atoms with van der Waals surface area (Å²) >= 11 is 3.10.